The van der Waals surface area contributed by atoms with Crippen LogP contribution in [0, 0.1) is 5.82 Å². The summed E-state index contributed by atoms with van der Waals surface area (Å²) in [5.74, 6) is -0.445. The SMILES string of the molecule is CC(Oc1cccc(F)c1)C(=O)NCCCn1nc(-c2ccccc2)ccc1=O. The Morgan fingerprint density at radius 1 is 1.14 bits per heavy atom. The second kappa shape index (κ2) is 9.64. The number of ether oxygens (including phenoxy) is 1. The highest BCUT2D eigenvalue weighted by molar-refractivity contribution is 5.80. The van der Waals surface area contributed by atoms with Gasteiger partial charge in [-0.3, -0.25) is 9.59 Å². The third-order valence-electron chi connectivity index (χ3n) is 4.26. The van der Waals surface area contributed by atoms with Gasteiger partial charge in [-0.2, -0.15) is 5.10 Å². The zero-order valence-corrected chi connectivity index (χ0v) is 16.0. The van der Waals surface area contributed by atoms with E-state index in [2.05, 4.69) is 10.4 Å². The molecule has 7 heteroatoms. The van der Waals surface area contributed by atoms with Crippen LogP contribution in [-0.2, 0) is 11.3 Å². The van der Waals surface area contributed by atoms with E-state index in [1.165, 1.54) is 28.9 Å². The smallest absolute Gasteiger partial charge is 0.266 e. The van der Waals surface area contributed by atoms with Crippen molar-refractivity contribution in [2.45, 2.75) is 26.0 Å². The number of carbonyl (C=O) groups is 1. The molecule has 6 nitrogen and oxygen atoms in total. The summed E-state index contributed by atoms with van der Waals surface area (Å²) < 4.78 is 20.0. The summed E-state index contributed by atoms with van der Waals surface area (Å²) in [7, 11) is 0. The van der Waals surface area contributed by atoms with Gasteiger partial charge in [0.05, 0.1) is 5.69 Å². The van der Waals surface area contributed by atoms with Crippen molar-refractivity contribution in [2.75, 3.05) is 6.54 Å². The lowest BCUT2D eigenvalue weighted by Crippen LogP contribution is -2.37. The maximum atomic E-state index is 13.2. The van der Waals surface area contributed by atoms with Gasteiger partial charge in [0.2, 0.25) is 0 Å². The van der Waals surface area contributed by atoms with E-state index in [0.717, 1.165) is 5.56 Å². The van der Waals surface area contributed by atoms with E-state index in [0.29, 0.717) is 31.0 Å². The molecule has 0 spiro atoms. The van der Waals surface area contributed by atoms with Gasteiger partial charge in [0.1, 0.15) is 11.6 Å². The zero-order chi connectivity index (χ0) is 20.6. The first-order valence-electron chi connectivity index (χ1n) is 9.36. The number of amides is 1. The third-order valence-corrected chi connectivity index (χ3v) is 4.26. The molecule has 1 heterocycles. The highest BCUT2D eigenvalue weighted by atomic mass is 19.1. The van der Waals surface area contributed by atoms with Crippen molar-refractivity contribution in [1.82, 2.24) is 15.1 Å². The molecule has 1 amide bonds. The molecule has 0 saturated heterocycles. The molecule has 1 atom stereocenters. The van der Waals surface area contributed by atoms with Crippen molar-refractivity contribution < 1.29 is 13.9 Å². The maximum Gasteiger partial charge on any atom is 0.266 e. The lowest BCUT2D eigenvalue weighted by molar-refractivity contribution is -0.127. The van der Waals surface area contributed by atoms with Crippen LogP contribution < -0.4 is 15.6 Å². The monoisotopic (exact) mass is 395 g/mol. The lowest BCUT2D eigenvalue weighted by Gasteiger charge is -2.15. The molecule has 2 aromatic carbocycles. The van der Waals surface area contributed by atoms with Crippen molar-refractivity contribution in [3.8, 4) is 17.0 Å². The van der Waals surface area contributed by atoms with E-state index in [1.54, 1.807) is 19.1 Å². The van der Waals surface area contributed by atoms with Gasteiger partial charge in [0.15, 0.2) is 6.10 Å². The molecule has 1 N–H and O–H groups in total. The number of aromatic nitrogens is 2. The first-order valence-corrected chi connectivity index (χ1v) is 9.36. The standard InChI is InChI=1S/C22H22FN3O3/c1-16(29-19-10-5-9-18(23)15-19)22(28)24-13-6-14-26-21(27)12-11-20(25-26)17-7-3-2-4-8-17/h2-5,7-12,15-16H,6,13-14H2,1H3,(H,24,28). The van der Waals surface area contributed by atoms with Crippen LogP contribution in [0.1, 0.15) is 13.3 Å². The third kappa shape index (κ3) is 5.75. The minimum atomic E-state index is -0.765. The molecule has 1 unspecified atom stereocenters. The Hall–Kier alpha value is -3.48. The van der Waals surface area contributed by atoms with Crippen LogP contribution in [0.3, 0.4) is 0 Å². The Labute approximate surface area is 168 Å². The summed E-state index contributed by atoms with van der Waals surface area (Å²) in [6.45, 7) is 2.33. The van der Waals surface area contributed by atoms with Gasteiger partial charge in [-0.1, -0.05) is 36.4 Å². The summed E-state index contributed by atoms with van der Waals surface area (Å²) in [5, 5.41) is 7.14. The number of hydrogen-bond donors (Lipinski definition) is 1. The number of hydrogen-bond acceptors (Lipinski definition) is 4. The number of carbonyl (C=O) groups excluding carboxylic acids is 1. The predicted molar refractivity (Wildman–Crippen MR) is 108 cm³/mol. The van der Waals surface area contributed by atoms with E-state index in [4.69, 9.17) is 4.74 Å². The van der Waals surface area contributed by atoms with Crippen LogP contribution in [0.5, 0.6) is 5.75 Å². The van der Waals surface area contributed by atoms with Gasteiger partial charge in [-0.05, 0) is 31.5 Å². The molecule has 1 aromatic heterocycles. The number of halogens is 1. The van der Waals surface area contributed by atoms with Gasteiger partial charge in [-0.15, -0.1) is 0 Å². The van der Waals surface area contributed by atoms with Crippen LogP contribution in [-0.4, -0.2) is 28.3 Å². The molecule has 0 radical (unpaired) electrons. The van der Waals surface area contributed by atoms with Crippen LogP contribution in [0.4, 0.5) is 4.39 Å². The van der Waals surface area contributed by atoms with Crippen molar-refractivity contribution in [3.05, 3.63) is 82.9 Å². The normalized spacial score (nSPS) is 11.7. The minimum absolute atomic E-state index is 0.196. The maximum absolute atomic E-state index is 13.2. The Kier molecular flexibility index (Phi) is 6.73. The quantitative estimate of drug-likeness (QED) is 0.595. The summed E-state index contributed by atoms with van der Waals surface area (Å²) in [6.07, 6.45) is -0.233. The van der Waals surface area contributed by atoms with Gasteiger partial charge >= 0.3 is 0 Å². The first-order chi connectivity index (χ1) is 14.0. The van der Waals surface area contributed by atoms with Crippen LogP contribution >= 0.6 is 0 Å². The van der Waals surface area contributed by atoms with E-state index in [-0.39, 0.29) is 11.5 Å². The Bertz CT molecular complexity index is 1020. The Morgan fingerprint density at radius 2 is 1.93 bits per heavy atom. The molecule has 0 fully saturated rings. The van der Waals surface area contributed by atoms with Crippen molar-refractivity contribution in [1.29, 1.82) is 0 Å². The topological polar surface area (TPSA) is 73.2 Å². The number of nitrogens with zero attached hydrogens (tertiary/aromatic N) is 2. The van der Waals surface area contributed by atoms with E-state index >= 15 is 0 Å². The second-order valence-electron chi connectivity index (χ2n) is 6.51. The fourth-order valence-corrected chi connectivity index (χ4v) is 2.75. The summed E-state index contributed by atoms with van der Waals surface area (Å²) >= 11 is 0. The van der Waals surface area contributed by atoms with Gasteiger partial charge in [0, 0.05) is 30.8 Å². The minimum Gasteiger partial charge on any atom is -0.481 e. The first kappa shape index (κ1) is 20.3. The van der Waals surface area contributed by atoms with E-state index < -0.39 is 11.9 Å². The molecule has 0 aliphatic heterocycles. The lowest BCUT2D eigenvalue weighted by atomic mass is 10.1. The van der Waals surface area contributed by atoms with Crippen LogP contribution in [0.15, 0.2) is 71.5 Å². The molecule has 3 aromatic rings. The molecule has 29 heavy (non-hydrogen) atoms. The fraction of sp³-hybridized carbons (Fsp3) is 0.227. The molecule has 0 saturated carbocycles. The number of benzene rings is 2. The molecule has 0 aliphatic rings. The van der Waals surface area contributed by atoms with E-state index in [9.17, 15) is 14.0 Å². The largest absolute Gasteiger partial charge is 0.481 e. The molecule has 3 rings (SSSR count). The summed E-state index contributed by atoms with van der Waals surface area (Å²) in [5.41, 5.74) is 1.45. The van der Waals surface area contributed by atoms with Gasteiger partial charge < -0.3 is 10.1 Å². The Morgan fingerprint density at radius 3 is 2.69 bits per heavy atom. The molecular formula is C22H22FN3O3. The molecular weight excluding hydrogens is 373 g/mol. The van der Waals surface area contributed by atoms with Crippen molar-refractivity contribution >= 4 is 5.91 Å². The van der Waals surface area contributed by atoms with Gasteiger partial charge in [-0.25, -0.2) is 9.07 Å². The molecule has 0 aliphatic carbocycles. The average Bonchev–Trinajstić information content (AvgIpc) is 2.73. The van der Waals surface area contributed by atoms with Crippen LogP contribution in [0.2, 0.25) is 0 Å². The highest BCUT2D eigenvalue weighted by Crippen LogP contribution is 2.14. The number of aryl methyl sites for hydroxylation is 1. The zero-order valence-electron chi connectivity index (χ0n) is 16.0. The second-order valence-corrected chi connectivity index (χ2v) is 6.51. The highest BCUT2D eigenvalue weighted by Gasteiger charge is 2.14. The van der Waals surface area contributed by atoms with Crippen LogP contribution in [0.25, 0.3) is 11.3 Å². The summed E-state index contributed by atoms with van der Waals surface area (Å²) in [4.78, 5) is 24.2. The van der Waals surface area contributed by atoms with Crippen molar-refractivity contribution in [2.24, 2.45) is 0 Å². The molecule has 150 valence electrons. The predicted octanol–water partition coefficient (Wildman–Crippen LogP) is 3.02. The average molecular weight is 395 g/mol. The number of rotatable bonds is 8. The van der Waals surface area contributed by atoms with Gasteiger partial charge in [0.25, 0.3) is 11.5 Å². The molecule has 0 bridgehead atoms. The fourth-order valence-electron chi connectivity index (χ4n) is 2.75. The van der Waals surface area contributed by atoms with Crippen molar-refractivity contribution in [3.63, 3.8) is 0 Å². The Balaban J connectivity index is 1.50. The number of nitrogens with one attached hydrogen (secondary N) is 1. The van der Waals surface area contributed by atoms with E-state index in [1.807, 2.05) is 30.3 Å². The summed E-state index contributed by atoms with van der Waals surface area (Å²) in [6, 6.07) is 18.4.